The quantitative estimate of drug-likeness (QED) is 0.900. The number of methoxy groups -OCH3 is 2. The van der Waals surface area contributed by atoms with Crippen molar-refractivity contribution in [3.63, 3.8) is 0 Å². The maximum absolute atomic E-state index is 11.8. The Labute approximate surface area is 120 Å². The lowest BCUT2D eigenvalue weighted by atomic mass is 9.87. The largest absolute Gasteiger partial charge is 0.497 e. The number of ether oxygens (including phenoxy) is 2. The Hall–Kier alpha value is -1.71. The summed E-state index contributed by atoms with van der Waals surface area (Å²) in [7, 11) is 3.29. The van der Waals surface area contributed by atoms with E-state index in [4.69, 9.17) is 9.47 Å². The van der Waals surface area contributed by atoms with Crippen LogP contribution in [0.25, 0.3) is 0 Å². The highest BCUT2D eigenvalue weighted by atomic mass is 16.5. The molecule has 2 unspecified atom stereocenters. The number of carbonyl (C=O) groups excluding carboxylic acids is 1. The predicted octanol–water partition coefficient (Wildman–Crippen LogP) is 2.72. The van der Waals surface area contributed by atoms with E-state index in [1.165, 1.54) is 0 Å². The average Bonchev–Trinajstić information content (AvgIpc) is 2.77. The minimum Gasteiger partial charge on any atom is -0.497 e. The van der Waals surface area contributed by atoms with Crippen LogP contribution >= 0.6 is 0 Å². The lowest BCUT2D eigenvalue weighted by Crippen LogP contribution is -2.29. The van der Waals surface area contributed by atoms with Gasteiger partial charge < -0.3 is 14.8 Å². The van der Waals surface area contributed by atoms with E-state index in [9.17, 15) is 4.79 Å². The zero-order valence-electron chi connectivity index (χ0n) is 12.6. The molecular formula is C16H23NO3. The lowest BCUT2D eigenvalue weighted by Gasteiger charge is -2.23. The second-order valence-electron chi connectivity index (χ2n) is 5.72. The summed E-state index contributed by atoms with van der Waals surface area (Å²) in [6.45, 7) is 4.35. The van der Waals surface area contributed by atoms with Crippen molar-refractivity contribution in [2.45, 2.75) is 38.6 Å². The van der Waals surface area contributed by atoms with Crippen LogP contribution in [-0.2, 0) is 4.79 Å². The van der Waals surface area contributed by atoms with Gasteiger partial charge in [-0.2, -0.15) is 0 Å². The van der Waals surface area contributed by atoms with Gasteiger partial charge in [-0.1, -0.05) is 19.9 Å². The fourth-order valence-electron chi connectivity index (χ4n) is 2.89. The molecule has 0 spiro atoms. The summed E-state index contributed by atoms with van der Waals surface area (Å²) in [5, 5.41) is 3.09. The first-order chi connectivity index (χ1) is 9.55. The van der Waals surface area contributed by atoms with Crippen LogP contribution in [-0.4, -0.2) is 26.2 Å². The molecule has 20 heavy (non-hydrogen) atoms. The average molecular weight is 277 g/mol. The molecule has 1 aromatic rings. The van der Waals surface area contributed by atoms with E-state index < -0.39 is 0 Å². The number of hydrogen-bond acceptors (Lipinski definition) is 3. The second kappa shape index (κ2) is 6.16. The third-order valence-electron chi connectivity index (χ3n) is 3.80. The third kappa shape index (κ3) is 3.06. The van der Waals surface area contributed by atoms with Crippen LogP contribution in [0.1, 0.15) is 38.2 Å². The van der Waals surface area contributed by atoms with Crippen molar-refractivity contribution in [2.75, 3.05) is 14.2 Å². The van der Waals surface area contributed by atoms with E-state index in [0.29, 0.717) is 12.3 Å². The van der Waals surface area contributed by atoms with E-state index in [1.54, 1.807) is 14.2 Å². The molecule has 1 fully saturated rings. The zero-order valence-corrected chi connectivity index (χ0v) is 12.6. The molecule has 1 N–H and O–H groups in total. The standard InChI is InChI=1S/C16H23NO3/c1-10(2)7-14-13(9-16(18)17-14)12-6-5-11(19-3)8-15(12)20-4/h5-6,8,10,13-14H,7,9H2,1-4H3,(H,17,18). The van der Waals surface area contributed by atoms with Crippen LogP contribution in [0.5, 0.6) is 11.5 Å². The smallest absolute Gasteiger partial charge is 0.220 e. The van der Waals surface area contributed by atoms with E-state index in [1.807, 2.05) is 18.2 Å². The molecule has 1 amide bonds. The van der Waals surface area contributed by atoms with Gasteiger partial charge in [0.25, 0.3) is 0 Å². The zero-order chi connectivity index (χ0) is 14.7. The Balaban J connectivity index is 2.30. The van der Waals surface area contributed by atoms with Gasteiger partial charge in [0, 0.05) is 30.0 Å². The van der Waals surface area contributed by atoms with Gasteiger partial charge in [0.05, 0.1) is 14.2 Å². The molecule has 2 rings (SSSR count). The van der Waals surface area contributed by atoms with Crippen LogP contribution in [0.15, 0.2) is 18.2 Å². The molecule has 1 aromatic carbocycles. The molecule has 0 bridgehead atoms. The number of carbonyl (C=O) groups is 1. The Bertz CT molecular complexity index is 485. The van der Waals surface area contributed by atoms with Crippen LogP contribution in [0.2, 0.25) is 0 Å². The summed E-state index contributed by atoms with van der Waals surface area (Å²) >= 11 is 0. The molecule has 1 aliphatic heterocycles. The van der Waals surface area contributed by atoms with Gasteiger partial charge in [0.15, 0.2) is 0 Å². The minimum absolute atomic E-state index is 0.124. The second-order valence-corrected chi connectivity index (χ2v) is 5.72. The van der Waals surface area contributed by atoms with Crippen LogP contribution in [0.4, 0.5) is 0 Å². The van der Waals surface area contributed by atoms with Crippen molar-refractivity contribution in [3.8, 4) is 11.5 Å². The van der Waals surface area contributed by atoms with E-state index >= 15 is 0 Å². The van der Waals surface area contributed by atoms with E-state index in [-0.39, 0.29) is 17.9 Å². The van der Waals surface area contributed by atoms with Gasteiger partial charge in [0.2, 0.25) is 5.91 Å². The lowest BCUT2D eigenvalue weighted by molar-refractivity contribution is -0.119. The Morgan fingerprint density at radius 2 is 2.05 bits per heavy atom. The molecule has 0 aliphatic carbocycles. The summed E-state index contributed by atoms with van der Waals surface area (Å²) in [4.78, 5) is 11.8. The Morgan fingerprint density at radius 3 is 2.65 bits per heavy atom. The number of nitrogens with one attached hydrogen (secondary N) is 1. The van der Waals surface area contributed by atoms with Crippen LogP contribution in [0, 0.1) is 5.92 Å². The molecule has 4 heteroatoms. The Kier molecular flexibility index (Phi) is 4.53. The molecule has 0 radical (unpaired) electrons. The monoisotopic (exact) mass is 277 g/mol. The summed E-state index contributed by atoms with van der Waals surface area (Å²) in [6.07, 6.45) is 1.51. The third-order valence-corrected chi connectivity index (χ3v) is 3.80. The summed E-state index contributed by atoms with van der Waals surface area (Å²) < 4.78 is 10.7. The maximum Gasteiger partial charge on any atom is 0.220 e. The van der Waals surface area contributed by atoms with Crippen LogP contribution < -0.4 is 14.8 Å². The first-order valence-corrected chi connectivity index (χ1v) is 7.06. The fourth-order valence-corrected chi connectivity index (χ4v) is 2.89. The molecule has 1 aliphatic rings. The predicted molar refractivity (Wildman–Crippen MR) is 78.3 cm³/mol. The fraction of sp³-hybridized carbons (Fsp3) is 0.562. The van der Waals surface area contributed by atoms with Gasteiger partial charge in [-0.3, -0.25) is 4.79 Å². The number of amides is 1. The highest BCUT2D eigenvalue weighted by Crippen LogP contribution is 2.38. The summed E-state index contributed by atoms with van der Waals surface area (Å²) in [5.74, 6) is 2.40. The maximum atomic E-state index is 11.8. The highest BCUT2D eigenvalue weighted by molar-refractivity contribution is 5.80. The van der Waals surface area contributed by atoms with Crippen molar-refractivity contribution >= 4 is 5.91 Å². The van der Waals surface area contributed by atoms with Gasteiger partial charge in [-0.25, -0.2) is 0 Å². The van der Waals surface area contributed by atoms with E-state index in [2.05, 4.69) is 19.2 Å². The van der Waals surface area contributed by atoms with Crippen molar-refractivity contribution in [1.82, 2.24) is 5.32 Å². The van der Waals surface area contributed by atoms with Gasteiger partial charge >= 0.3 is 0 Å². The first kappa shape index (κ1) is 14.7. The molecular weight excluding hydrogens is 254 g/mol. The molecule has 110 valence electrons. The summed E-state index contributed by atoms with van der Waals surface area (Å²) in [5.41, 5.74) is 1.08. The molecule has 0 saturated carbocycles. The SMILES string of the molecule is COc1ccc(C2CC(=O)NC2CC(C)C)c(OC)c1. The topological polar surface area (TPSA) is 47.6 Å². The number of hydrogen-bond donors (Lipinski definition) is 1. The van der Waals surface area contributed by atoms with E-state index in [0.717, 1.165) is 23.5 Å². The molecule has 1 heterocycles. The van der Waals surface area contributed by atoms with Gasteiger partial charge in [0.1, 0.15) is 11.5 Å². The normalized spacial score (nSPS) is 21.9. The number of rotatable bonds is 5. The number of benzene rings is 1. The minimum atomic E-state index is 0.124. The Morgan fingerprint density at radius 1 is 1.30 bits per heavy atom. The van der Waals surface area contributed by atoms with Crippen molar-refractivity contribution in [3.05, 3.63) is 23.8 Å². The summed E-state index contributed by atoms with van der Waals surface area (Å²) in [6, 6.07) is 6.00. The molecule has 0 aromatic heterocycles. The van der Waals surface area contributed by atoms with Crippen molar-refractivity contribution in [1.29, 1.82) is 0 Å². The molecule has 1 saturated heterocycles. The van der Waals surface area contributed by atoms with Crippen molar-refractivity contribution in [2.24, 2.45) is 5.92 Å². The first-order valence-electron chi connectivity index (χ1n) is 7.06. The van der Waals surface area contributed by atoms with Crippen LogP contribution in [0.3, 0.4) is 0 Å². The molecule has 2 atom stereocenters. The van der Waals surface area contributed by atoms with Gasteiger partial charge in [-0.15, -0.1) is 0 Å². The highest BCUT2D eigenvalue weighted by Gasteiger charge is 2.35. The molecule has 4 nitrogen and oxygen atoms in total. The van der Waals surface area contributed by atoms with Gasteiger partial charge in [-0.05, 0) is 18.4 Å². The van der Waals surface area contributed by atoms with Crippen molar-refractivity contribution < 1.29 is 14.3 Å².